The maximum atomic E-state index is 13.1. The Balaban J connectivity index is 2.04. The van der Waals surface area contributed by atoms with Crippen LogP contribution < -0.4 is 4.74 Å². The van der Waals surface area contributed by atoms with Gasteiger partial charge in [0, 0.05) is 0 Å². The first-order valence-electron chi connectivity index (χ1n) is 5.81. The number of phenolic OH excluding ortho intramolecular Hbond substituents is 2. The normalized spacial score (nSPS) is 15.2. The van der Waals surface area contributed by atoms with Gasteiger partial charge in [-0.25, -0.2) is 4.39 Å². The van der Waals surface area contributed by atoms with Crippen molar-refractivity contribution < 1.29 is 24.1 Å². The molecule has 0 bridgehead atoms. The summed E-state index contributed by atoms with van der Waals surface area (Å²) in [6.07, 6.45) is 1.38. The molecule has 1 aliphatic heterocycles. The Bertz CT molecular complexity index is 750. The van der Waals surface area contributed by atoms with Gasteiger partial charge in [0.1, 0.15) is 5.82 Å². The topological polar surface area (TPSA) is 66.8 Å². The van der Waals surface area contributed by atoms with E-state index >= 15 is 0 Å². The van der Waals surface area contributed by atoms with Crippen molar-refractivity contribution in [3.05, 3.63) is 59.1 Å². The summed E-state index contributed by atoms with van der Waals surface area (Å²) < 4.78 is 18.3. The lowest BCUT2D eigenvalue weighted by Crippen LogP contribution is -1.98. The van der Waals surface area contributed by atoms with Crippen LogP contribution in [0.15, 0.2) is 42.2 Å². The number of phenols is 2. The summed E-state index contributed by atoms with van der Waals surface area (Å²) in [5.74, 6) is -1.84. The van der Waals surface area contributed by atoms with E-state index in [2.05, 4.69) is 0 Å². The molecule has 0 radical (unpaired) electrons. The summed E-state index contributed by atoms with van der Waals surface area (Å²) in [5, 5.41) is 19.0. The molecule has 2 N–H and O–H groups in total. The molecule has 0 fully saturated rings. The number of carbonyl (C=O) groups excluding carboxylic acids is 1. The largest absolute Gasteiger partial charge is 0.504 e. The van der Waals surface area contributed by atoms with Gasteiger partial charge in [-0.2, -0.15) is 0 Å². The molecule has 100 valence electrons. The minimum atomic E-state index is -0.488. The number of ether oxygens (including phenoxy) is 1. The number of allylic oxidation sites excluding steroid dienone is 1. The molecule has 2 aromatic carbocycles. The molecule has 0 saturated carbocycles. The molecule has 4 nitrogen and oxygen atoms in total. The van der Waals surface area contributed by atoms with Crippen LogP contribution in [-0.4, -0.2) is 16.0 Å². The van der Waals surface area contributed by atoms with E-state index in [1.54, 1.807) is 6.07 Å². The highest BCUT2D eigenvalue weighted by molar-refractivity contribution is 6.15. The minimum Gasteiger partial charge on any atom is -0.504 e. The van der Waals surface area contributed by atoms with Crippen molar-refractivity contribution in [2.75, 3.05) is 0 Å². The number of aromatic hydroxyl groups is 2. The molecule has 5 heteroatoms. The molecule has 0 atom stereocenters. The quantitative estimate of drug-likeness (QED) is 0.618. The number of ketones is 1. The van der Waals surface area contributed by atoms with E-state index in [1.165, 1.54) is 36.4 Å². The maximum Gasteiger partial charge on any atom is 0.232 e. The zero-order valence-electron chi connectivity index (χ0n) is 10.1. The van der Waals surface area contributed by atoms with Crippen molar-refractivity contribution >= 4 is 11.9 Å². The minimum absolute atomic E-state index is 0.0356. The van der Waals surface area contributed by atoms with Gasteiger partial charge in [0.05, 0.1) is 5.56 Å². The van der Waals surface area contributed by atoms with Crippen LogP contribution in [0.1, 0.15) is 15.9 Å². The van der Waals surface area contributed by atoms with Gasteiger partial charge in [-0.05, 0) is 35.9 Å². The molecule has 0 unspecified atom stereocenters. The van der Waals surface area contributed by atoms with Crippen molar-refractivity contribution in [2.24, 2.45) is 0 Å². The fraction of sp³-hybridized carbons (Fsp3) is 0. The van der Waals surface area contributed by atoms with E-state index in [-0.39, 0.29) is 22.8 Å². The second kappa shape index (κ2) is 4.38. The molecule has 20 heavy (non-hydrogen) atoms. The highest BCUT2D eigenvalue weighted by atomic mass is 19.1. The lowest BCUT2D eigenvalue weighted by atomic mass is 10.1. The second-order valence-corrected chi connectivity index (χ2v) is 4.30. The van der Waals surface area contributed by atoms with E-state index in [4.69, 9.17) is 4.74 Å². The zero-order valence-corrected chi connectivity index (χ0v) is 10.1. The second-order valence-electron chi connectivity index (χ2n) is 4.30. The standard InChI is InChI=1S/C15H9FO4/c16-9-3-1-2-8(6-9)7-12-13(18)10-4-5-11(17)14(19)15(10)20-12/h1-7,17,19H/b12-7-. The summed E-state index contributed by atoms with van der Waals surface area (Å²) in [5.41, 5.74) is 0.618. The van der Waals surface area contributed by atoms with Gasteiger partial charge in [0.25, 0.3) is 0 Å². The highest BCUT2D eigenvalue weighted by Gasteiger charge is 2.31. The van der Waals surface area contributed by atoms with E-state index in [1.807, 2.05) is 0 Å². The molecule has 0 amide bonds. The number of benzene rings is 2. The van der Waals surface area contributed by atoms with Gasteiger partial charge >= 0.3 is 0 Å². The average molecular weight is 272 g/mol. The van der Waals surface area contributed by atoms with E-state index in [9.17, 15) is 19.4 Å². The van der Waals surface area contributed by atoms with Crippen LogP contribution in [0.25, 0.3) is 6.08 Å². The van der Waals surface area contributed by atoms with Gasteiger partial charge in [-0.1, -0.05) is 12.1 Å². The third kappa shape index (κ3) is 1.89. The Morgan fingerprint density at radius 1 is 1.15 bits per heavy atom. The van der Waals surface area contributed by atoms with Gasteiger partial charge in [0.2, 0.25) is 11.5 Å². The summed E-state index contributed by atoms with van der Waals surface area (Å²) >= 11 is 0. The SMILES string of the molecule is O=C1/C(=C/c2cccc(F)c2)Oc2c1ccc(O)c2O. The molecule has 1 aliphatic rings. The number of hydrogen-bond acceptors (Lipinski definition) is 4. The van der Waals surface area contributed by atoms with Crippen LogP contribution in [0.5, 0.6) is 17.2 Å². The van der Waals surface area contributed by atoms with Crippen LogP contribution in [-0.2, 0) is 0 Å². The molecule has 0 spiro atoms. The number of carbonyl (C=O) groups is 1. The number of hydrogen-bond donors (Lipinski definition) is 2. The first-order valence-corrected chi connectivity index (χ1v) is 5.81. The van der Waals surface area contributed by atoms with Crippen molar-refractivity contribution in [2.45, 2.75) is 0 Å². The Kier molecular flexibility index (Phi) is 2.68. The fourth-order valence-corrected chi connectivity index (χ4v) is 1.97. The average Bonchev–Trinajstić information content (AvgIpc) is 2.72. The predicted octanol–water partition coefficient (Wildman–Crippen LogP) is 2.85. The Morgan fingerprint density at radius 2 is 1.95 bits per heavy atom. The van der Waals surface area contributed by atoms with Gasteiger partial charge in [0.15, 0.2) is 17.3 Å². The monoisotopic (exact) mass is 272 g/mol. The molecule has 0 aromatic heterocycles. The molecule has 2 aromatic rings. The van der Waals surface area contributed by atoms with Crippen LogP contribution in [0.2, 0.25) is 0 Å². The smallest absolute Gasteiger partial charge is 0.232 e. The number of rotatable bonds is 1. The first-order chi connectivity index (χ1) is 9.56. The van der Waals surface area contributed by atoms with Crippen molar-refractivity contribution in [3.63, 3.8) is 0 Å². The Morgan fingerprint density at radius 3 is 2.70 bits per heavy atom. The Labute approximate surface area is 113 Å². The van der Waals surface area contributed by atoms with E-state index < -0.39 is 17.3 Å². The summed E-state index contributed by atoms with van der Waals surface area (Å²) in [7, 11) is 0. The molecule has 0 saturated heterocycles. The van der Waals surface area contributed by atoms with Gasteiger partial charge in [-0.15, -0.1) is 0 Å². The predicted molar refractivity (Wildman–Crippen MR) is 69.1 cm³/mol. The summed E-state index contributed by atoms with van der Waals surface area (Å²) in [4.78, 5) is 12.1. The molecule has 1 heterocycles. The fourth-order valence-electron chi connectivity index (χ4n) is 1.97. The van der Waals surface area contributed by atoms with Gasteiger partial charge in [-0.3, -0.25) is 4.79 Å². The molecular weight excluding hydrogens is 263 g/mol. The first kappa shape index (κ1) is 12.2. The number of Topliss-reactive ketones (excluding diaryl/α,β-unsaturated/α-hetero) is 1. The zero-order chi connectivity index (χ0) is 14.3. The van der Waals surface area contributed by atoms with Crippen LogP contribution in [0, 0.1) is 5.82 Å². The lowest BCUT2D eigenvalue weighted by molar-refractivity contribution is 0.101. The molecule has 0 aliphatic carbocycles. The van der Waals surface area contributed by atoms with E-state index in [0.717, 1.165) is 0 Å². The van der Waals surface area contributed by atoms with E-state index in [0.29, 0.717) is 5.56 Å². The third-order valence-corrected chi connectivity index (χ3v) is 2.94. The summed E-state index contributed by atoms with van der Waals surface area (Å²) in [6, 6.07) is 8.24. The van der Waals surface area contributed by atoms with Crippen LogP contribution in [0.3, 0.4) is 0 Å². The van der Waals surface area contributed by atoms with Gasteiger partial charge < -0.3 is 14.9 Å². The maximum absolute atomic E-state index is 13.1. The third-order valence-electron chi connectivity index (χ3n) is 2.94. The lowest BCUT2D eigenvalue weighted by Gasteiger charge is -2.02. The number of fused-ring (bicyclic) bond motifs is 1. The van der Waals surface area contributed by atoms with Crippen molar-refractivity contribution in [1.29, 1.82) is 0 Å². The van der Waals surface area contributed by atoms with Crippen molar-refractivity contribution in [1.82, 2.24) is 0 Å². The van der Waals surface area contributed by atoms with Crippen molar-refractivity contribution in [3.8, 4) is 17.2 Å². The summed E-state index contributed by atoms with van der Waals surface area (Å²) in [6.45, 7) is 0. The molecule has 3 rings (SSSR count). The number of halogens is 1. The Hall–Kier alpha value is -2.82. The van der Waals surface area contributed by atoms with Crippen LogP contribution >= 0.6 is 0 Å². The van der Waals surface area contributed by atoms with Crippen LogP contribution in [0.4, 0.5) is 4.39 Å². The highest BCUT2D eigenvalue weighted by Crippen LogP contribution is 2.44. The molecular formula is C15H9FO4.